The van der Waals surface area contributed by atoms with E-state index in [9.17, 15) is 0 Å². The third-order valence-electron chi connectivity index (χ3n) is 5.17. The standard InChI is InChI=1S/C19H32N6S/c1-3-20-19(26)23-18-21-16(24-10-6-4-5-7-11-24)13-17(22-18)25-12-8-9-15(2)14-25/h13,15H,3-12,14H2,1-2H3,(H2,20,21,22,23,26). The van der Waals surface area contributed by atoms with Gasteiger partial charge in [-0.3, -0.25) is 0 Å². The summed E-state index contributed by atoms with van der Waals surface area (Å²) < 4.78 is 0. The van der Waals surface area contributed by atoms with E-state index in [2.05, 4.69) is 33.4 Å². The highest BCUT2D eigenvalue weighted by Gasteiger charge is 2.21. The molecule has 1 aromatic rings. The van der Waals surface area contributed by atoms with Crippen LogP contribution in [0.5, 0.6) is 0 Å². The van der Waals surface area contributed by atoms with Gasteiger partial charge in [-0.1, -0.05) is 19.8 Å². The molecule has 0 bridgehead atoms. The van der Waals surface area contributed by atoms with Crippen LogP contribution in [0.1, 0.15) is 52.4 Å². The highest BCUT2D eigenvalue weighted by molar-refractivity contribution is 7.80. The molecule has 144 valence electrons. The zero-order valence-electron chi connectivity index (χ0n) is 16.1. The van der Waals surface area contributed by atoms with Crippen LogP contribution >= 0.6 is 12.2 Å². The Morgan fingerprint density at radius 2 is 1.73 bits per heavy atom. The lowest BCUT2D eigenvalue weighted by atomic mass is 10.0. The Bertz CT molecular complexity index is 579. The Morgan fingerprint density at radius 3 is 2.38 bits per heavy atom. The van der Waals surface area contributed by atoms with Crippen molar-refractivity contribution < 1.29 is 0 Å². The third kappa shape index (κ3) is 5.19. The van der Waals surface area contributed by atoms with Gasteiger partial charge in [0.25, 0.3) is 0 Å². The van der Waals surface area contributed by atoms with Crippen LogP contribution in [0.25, 0.3) is 0 Å². The molecule has 3 rings (SSSR count). The van der Waals surface area contributed by atoms with Crippen molar-refractivity contribution in [3.63, 3.8) is 0 Å². The van der Waals surface area contributed by atoms with Gasteiger partial charge in [0, 0.05) is 38.8 Å². The molecule has 0 spiro atoms. The van der Waals surface area contributed by atoms with Crippen molar-refractivity contribution in [2.75, 3.05) is 47.8 Å². The number of anilines is 3. The van der Waals surface area contributed by atoms with Gasteiger partial charge >= 0.3 is 0 Å². The van der Waals surface area contributed by atoms with Gasteiger partial charge in [-0.15, -0.1) is 0 Å². The molecule has 0 aromatic carbocycles. The van der Waals surface area contributed by atoms with E-state index in [0.29, 0.717) is 17.0 Å². The number of hydrogen-bond donors (Lipinski definition) is 2. The lowest BCUT2D eigenvalue weighted by molar-refractivity contribution is 0.444. The predicted molar refractivity (Wildman–Crippen MR) is 113 cm³/mol. The summed E-state index contributed by atoms with van der Waals surface area (Å²) in [5, 5.41) is 6.88. The number of nitrogens with one attached hydrogen (secondary N) is 2. The molecule has 26 heavy (non-hydrogen) atoms. The highest BCUT2D eigenvalue weighted by atomic mass is 32.1. The maximum absolute atomic E-state index is 5.35. The largest absolute Gasteiger partial charge is 0.363 e. The van der Waals surface area contributed by atoms with Gasteiger partial charge in [0.05, 0.1) is 0 Å². The summed E-state index contributed by atoms with van der Waals surface area (Å²) in [4.78, 5) is 14.4. The van der Waals surface area contributed by atoms with E-state index in [1.54, 1.807) is 0 Å². The summed E-state index contributed by atoms with van der Waals surface area (Å²) in [6.45, 7) is 9.42. The topological polar surface area (TPSA) is 56.3 Å². The first kappa shape index (κ1) is 19.1. The average molecular weight is 377 g/mol. The Hall–Kier alpha value is -1.63. The lowest BCUT2D eigenvalue weighted by Gasteiger charge is -2.33. The first-order chi connectivity index (χ1) is 12.7. The third-order valence-corrected chi connectivity index (χ3v) is 5.42. The molecule has 0 amide bonds. The molecule has 0 radical (unpaired) electrons. The van der Waals surface area contributed by atoms with Crippen LogP contribution in [0, 0.1) is 5.92 Å². The van der Waals surface area contributed by atoms with Crippen LogP contribution in [-0.2, 0) is 0 Å². The fourth-order valence-electron chi connectivity index (χ4n) is 3.81. The molecule has 0 saturated carbocycles. The van der Waals surface area contributed by atoms with Crippen molar-refractivity contribution in [1.82, 2.24) is 15.3 Å². The summed E-state index contributed by atoms with van der Waals surface area (Å²) >= 11 is 5.35. The molecule has 6 nitrogen and oxygen atoms in total. The number of nitrogens with zero attached hydrogens (tertiary/aromatic N) is 4. The molecule has 2 saturated heterocycles. The Morgan fingerprint density at radius 1 is 1.08 bits per heavy atom. The van der Waals surface area contributed by atoms with Crippen LogP contribution in [0.15, 0.2) is 6.07 Å². The Labute approximate surface area is 162 Å². The van der Waals surface area contributed by atoms with Gasteiger partial charge in [-0.05, 0) is 50.7 Å². The van der Waals surface area contributed by atoms with Gasteiger partial charge in [0.1, 0.15) is 11.6 Å². The van der Waals surface area contributed by atoms with Gasteiger partial charge in [0.2, 0.25) is 5.95 Å². The summed E-state index contributed by atoms with van der Waals surface area (Å²) in [5.74, 6) is 3.36. The number of rotatable bonds is 4. The van der Waals surface area contributed by atoms with E-state index in [1.807, 2.05) is 6.92 Å². The lowest BCUT2D eigenvalue weighted by Crippen LogP contribution is -2.36. The second-order valence-electron chi connectivity index (χ2n) is 7.49. The van der Waals surface area contributed by atoms with E-state index in [0.717, 1.165) is 44.4 Å². The molecular weight excluding hydrogens is 344 g/mol. The van der Waals surface area contributed by atoms with Gasteiger partial charge in [-0.25, -0.2) is 0 Å². The minimum atomic E-state index is 0.582. The molecule has 2 aliphatic heterocycles. The van der Waals surface area contributed by atoms with Crippen LogP contribution in [0.4, 0.5) is 17.6 Å². The van der Waals surface area contributed by atoms with E-state index >= 15 is 0 Å². The van der Waals surface area contributed by atoms with Crippen LogP contribution in [0.3, 0.4) is 0 Å². The quantitative estimate of drug-likeness (QED) is 0.781. The van der Waals surface area contributed by atoms with Crippen molar-refractivity contribution in [1.29, 1.82) is 0 Å². The minimum absolute atomic E-state index is 0.582. The van der Waals surface area contributed by atoms with Crippen molar-refractivity contribution in [2.24, 2.45) is 5.92 Å². The Balaban J connectivity index is 1.86. The molecule has 2 fully saturated rings. The van der Waals surface area contributed by atoms with E-state index in [1.165, 1.54) is 38.5 Å². The first-order valence-corrected chi connectivity index (χ1v) is 10.5. The molecule has 0 aliphatic carbocycles. The predicted octanol–water partition coefficient (Wildman–Crippen LogP) is 3.40. The number of thiocarbonyl (C=S) groups is 1. The summed E-state index contributed by atoms with van der Waals surface area (Å²) in [7, 11) is 0. The average Bonchev–Trinajstić information content (AvgIpc) is 2.91. The zero-order valence-corrected chi connectivity index (χ0v) is 16.9. The minimum Gasteiger partial charge on any atom is -0.363 e. The maximum Gasteiger partial charge on any atom is 0.232 e. The molecule has 1 unspecified atom stereocenters. The SMILES string of the molecule is CCNC(=S)Nc1nc(N2CCCCCC2)cc(N2CCCC(C)C2)n1. The molecule has 1 aromatic heterocycles. The molecule has 1 atom stereocenters. The van der Waals surface area contributed by atoms with E-state index in [-0.39, 0.29) is 0 Å². The molecule has 7 heteroatoms. The first-order valence-electron chi connectivity index (χ1n) is 10.1. The fraction of sp³-hybridized carbons (Fsp3) is 0.737. The van der Waals surface area contributed by atoms with Gasteiger partial charge in [-0.2, -0.15) is 9.97 Å². The van der Waals surface area contributed by atoms with Gasteiger partial charge < -0.3 is 20.4 Å². The molecule has 3 heterocycles. The van der Waals surface area contributed by atoms with Crippen molar-refractivity contribution in [3.8, 4) is 0 Å². The van der Waals surface area contributed by atoms with Crippen LogP contribution < -0.4 is 20.4 Å². The monoisotopic (exact) mass is 376 g/mol. The van der Waals surface area contributed by atoms with Crippen LogP contribution in [-0.4, -0.2) is 47.8 Å². The second kappa shape index (κ2) is 9.35. The smallest absolute Gasteiger partial charge is 0.232 e. The summed E-state index contributed by atoms with van der Waals surface area (Å²) in [6.07, 6.45) is 7.62. The normalized spacial score (nSPS) is 21.2. The van der Waals surface area contributed by atoms with Crippen LogP contribution in [0.2, 0.25) is 0 Å². The number of piperidine rings is 1. The van der Waals surface area contributed by atoms with E-state index < -0.39 is 0 Å². The van der Waals surface area contributed by atoms with Crippen molar-refractivity contribution >= 4 is 34.9 Å². The summed E-state index contributed by atoms with van der Waals surface area (Å²) in [6, 6.07) is 2.17. The summed E-state index contributed by atoms with van der Waals surface area (Å²) in [5.41, 5.74) is 0. The fourth-order valence-corrected chi connectivity index (χ4v) is 4.04. The second-order valence-corrected chi connectivity index (χ2v) is 7.90. The maximum atomic E-state index is 5.35. The van der Waals surface area contributed by atoms with Gasteiger partial charge in [0.15, 0.2) is 5.11 Å². The molecule has 2 aliphatic rings. The van der Waals surface area contributed by atoms with Crippen molar-refractivity contribution in [2.45, 2.75) is 52.4 Å². The molecular formula is C19H32N6S. The number of hydrogen-bond acceptors (Lipinski definition) is 5. The Kier molecular flexibility index (Phi) is 6.88. The van der Waals surface area contributed by atoms with E-state index in [4.69, 9.17) is 22.2 Å². The zero-order chi connectivity index (χ0) is 18.4. The number of aromatic nitrogens is 2. The van der Waals surface area contributed by atoms with Crippen molar-refractivity contribution in [3.05, 3.63) is 6.07 Å². The highest BCUT2D eigenvalue weighted by Crippen LogP contribution is 2.27. The molecule has 2 N–H and O–H groups in total.